The first-order chi connectivity index (χ1) is 14.1. The van der Waals surface area contributed by atoms with E-state index in [2.05, 4.69) is 0 Å². The fourth-order valence-corrected chi connectivity index (χ4v) is 11.0. The van der Waals surface area contributed by atoms with Gasteiger partial charge in [-0.15, -0.1) is 0 Å². The number of hydrogen-bond acceptors (Lipinski definition) is 4. The third-order valence-electron chi connectivity index (χ3n) is 9.26. The molecule has 0 radical (unpaired) electrons. The molecule has 6 unspecified atom stereocenters. The normalized spacial score (nSPS) is 38.5. The quantitative estimate of drug-likeness (QED) is 0.553. The Kier molecular flexibility index (Phi) is 6.62. The van der Waals surface area contributed by atoms with Gasteiger partial charge in [0, 0.05) is 0 Å². The predicted molar refractivity (Wildman–Crippen MR) is 116 cm³/mol. The van der Waals surface area contributed by atoms with Gasteiger partial charge in [-0.3, -0.25) is 9.11 Å². The van der Waals surface area contributed by atoms with Gasteiger partial charge in [0.2, 0.25) is 4.08 Å². The van der Waals surface area contributed by atoms with Gasteiger partial charge in [0.15, 0.2) is 0 Å². The summed E-state index contributed by atoms with van der Waals surface area (Å²) in [5.41, 5.74) is 0. The summed E-state index contributed by atoms with van der Waals surface area (Å²) in [5, 5.41) is 0. The largest absolute Gasteiger partial charge is 0.288 e. The molecule has 6 nitrogen and oxygen atoms in total. The zero-order valence-electron chi connectivity index (χ0n) is 17.9. The standard InChI is InChI=1S/C22H38O6S2/c23-29(24,25)22(30(26,27)28,21-12-11-18-6-2-4-8-20(18)14-21)15-16-9-10-17-5-1-3-7-19(17)13-16/h16-21H,1-15H2,(H,23,24,25)(H,26,27,28). The molecule has 0 aliphatic heterocycles. The smallest absolute Gasteiger partial charge is 0.284 e. The van der Waals surface area contributed by atoms with Crippen LogP contribution in [0.3, 0.4) is 0 Å². The fraction of sp³-hybridized carbons (Fsp3) is 1.00. The van der Waals surface area contributed by atoms with Crippen LogP contribution in [0.5, 0.6) is 0 Å². The van der Waals surface area contributed by atoms with Crippen LogP contribution in [0.15, 0.2) is 0 Å². The van der Waals surface area contributed by atoms with Crippen molar-refractivity contribution in [2.45, 2.75) is 100 Å². The average Bonchev–Trinajstić information content (AvgIpc) is 2.69. The Morgan fingerprint density at radius 3 is 1.60 bits per heavy atom. The average molecular weight is 463 g/mol. The summed E-state index contributed by atoms with van der Waals surface area (Å²) in [6, 6.07) is 0. The maximum atomic E-state index is 12.7. The molecule has 2 N–H and O–H groups in total. The lowest BCUT2D eigenvalue weighted by molar-refractivity contribution is 0.0926. The van der Waals surface area contributed by atoms with Crippen LogP contribution < -0.4 is 0 Å². The fourth-order valence-electron chi connectivity index (χ4n) is 7.76. The van der Waals surface area contributed by atoms with Gasteiger partial charge >= 0.3 is 0 Å². The van der Waals surface area contributed by atoms with Crippen LogP contribution >= 0.6 is 0 Å². The molecular formula is C22H38O6S2. The van der Waals surface area contributed by atoms with Crippen molar-refractivity contribution >= 4 is 20.2 Å². The number of rotatable bonds is 5. The predicted octanol–water partition coefficient (Wildman–Crippen LogP) is 5.06. The van der Waals surface area contributed by atoms with Crippen LogP contribution in [0, 0.1) is 35.5 Å². The van der Waals surface area contributed by atoms with Crippen molar-refractivity contribution in [2.75, 3.05) is 0 Å². The minimum absolute atomic E-state index is 0.0859. The van der Waals surface area contributed by atoms with Crippen LogP contribution in [-0.4, -0.2) is 30.0 Å². The van der Waals surface area contributed by atoms with E-state index in [0.29, 0.717) is 36.5 Å². The maximum Gasteiger partial charge on any atom is 0.288 e. The Balaban J connectivity index is 1.63. The number of hydrogen-bond donors (Lipinski definition) is 2. The Hall–Kier alpha value is -0.180. The molecule has 4 fully saturated rings. The van der Waals surface area contributed by atoms with E-state index in [1.54, 1.807) is 0 Å². The van der Waals surface area contributed by atoms with Gasteiger partial charge in [-0.1, -0.05) is 57.8 Å². The minimum Gasteiger partial charge on any atom is -0.284 e. The van der Waals surface area contributed by atoms with Crippen molar-refractivity contribution in [1.29, 1.82) is 0 Å². The summed E-state index contributed by atoms with van der Waals surface area (Å²) in [5.74, 6) is 1.19. The Morgan fingerprint density at radius 1 is 0.600 bits per heavy atom. The van der Waals surface area contributed by atoms with E-state index in [1.165, 1.54) is 25.7 Å². The van der Waals surface area contributed by atoms with Crippen molar-refractivity contribution < 1.29 is 25.9 Å². The second kappa shape index (κ2) is 8.64. The summed E-state index contributed by atoms with van der Waals surface area (Å²) in [6.07, 6.45) is 13.3. The number of fused-ring (bicyclic) bond motifs is 2. The van der Waals surface area contributed by atoms with Crippen molar-refractivity contribution in [2.24, 2.45) is 35.5 Å². The molecule has 0 aromatic carbocycles. The highest BCUT2D eigenvalue weighted by Crippen LogP contribution is 2.53. The second-order valence-corrected chi connectivity index (χ2v) is 14.4. The monoisotopic (exact) mass is 462 g/mol. The van der Waals surface area contributed by atoms with E-state index in [1.807, 2.05) is 0 Å². The topological polar surface area (TPSA) is 109 Å². The highest BCUT2D eigenvalue weighted by Gasteiger charge is 2.61. The SMILES string of the molecule is O=S(=O)(O)C(CC1CCC2CCCCC2C1)(C1CCC2CCCCC2C1)S(=O)(=O)O. The van der Waals surface area contributed by atoms with Gasteiger partial charge in [-0.25, -0.2) is 0 Å². The van der Waals surface area contributed by atoms with E-state index < -0.39 is 30.2 Å². The highest BCUT2D eigenvalue weighted by molar-refractivity contribution is 8.05. The first-order valence-electron chi connectivity index (χ1n) is 12.1. The molecule has 8 heteroatoms. The van der Waals surface area contributed by atoms with E-state index in [0.717, 1.165) is 51.4 Å². The molecule has 0 heterocycles. The first-order valence-corrected chi connectivity index (χ1v) is 14.9. The van der Waals surface area contributed by atoms with E-state index in [4.69, 9.17) is 0 Å². The minimum atomic E-state index is -4.99. The first kappa shape index (κ1) is 23.0. The molecule has 174 valence electrons. The van der Waals surface area contributed by atoms with Gasteiger partial charge in [0.1, 0.15) is 0 Å². The lowest BCUT2D eigenvalue weighted by Crippen LogP contribution is -2.55. The second-order valence-electron chi connectivity index (χ2n) is 10.8. The van der Waals surface area contributed by atoms with Crippen molar-refractivity contribution in [3.63, 3.8) is 0 Å². The van der Waals surface area contributed by atoms with Crippen molar-refractivity contribution in [1.82, 2.24) is 0 Å². The van der Waals surface area contributed by atoms with Gasteiger partial charge in [-0.2, -0.15) is 16.8 Å². The Labute approximate surface area is 182 Å². The van der Waals surface area contributed by atoms with Gasteiger partial charge < -0.3 is 0 Å². The van der Waals surface area contributed by atoms with Crippen molar-refractivity contribution in [3.05, 3.63) is 0 Å². The van der Waals surface area contributed by atoms with Crippen LogP contribution in [0.25, 0.3) is 0 Å². The summed E-state index contributed by atoms with van der Waals surface area (Å²) in [6.45, 7) is 0. The maximum absolute atomic E-state index is 12.7. The van der Waals surface area contributed by atoms with E-state index in [-0.39, 0.29) is 12.3 Å². The van der Waals surface area contributed by atoms with Crippen LogP contribution in [0.2, 0.25) is 0 Å². The molecule has 0 saturated heterocycles. The zero-order valence-corrected chi connectivity index (χ0v) is 19.5. The highest BCUT2D eigenvalue weighted by atomic mass is 32.3. The van der Waals surface area contributed by atoms with Crippen molar-refractivity contribution in [3.8, 4) is 0 Å². The molecule has 4 aliphatic carbocycles. The molecule has 0 bridgehead atoms. The molecular weight excluding hydrogens is 424 g/mol. The summed E-state index contributed by atoms with van der Waals surface area (Å²) in [4.78, 5) is 0. The summed E-state index contributed by atoms with van der Waals surface area (Å²) >= 11 is 0. The molecule has 0 aromatic rings. The molecule has 0 aromatic heterocycles. The molecule has 4 saturated carbocycles. The molecule has 0 amide bonds. The summed E-state index contributed by atoms with van der Waals surface area (Å²) < 4.78 is 69.1. The van der Waals surface area contributed by atoms with Crippen LogP contribution in [0.4, 0.5) is 0 Å². The van der Waals surface area contributed by atoms with E-state index in [9.17, 15) is 25.9 Å². The lowest BCUT2D eigenvalue weighted by Gasteiger charge is -2.47. The molecule has 6 atom stereocenters. The third-order valence-corrected chi connectivity index (χ3v) is 13.3. The molecule has 4 aliphatic rings. The molecule has 0 spiro atoms. The van der Waals surface area contributed by atoms with Gasteiger partial charge in [0.05, 0.1) is 0 Å². The zero-order chi connectivity index (χ0) is 21.6. The summed E-state index contributed by atoms with van der Waals surface area (Å²) in [7, 11) is -9.98. The van der Waals surface area contributed by atoms with E-state index >= 15 is 0 Å². The van der Waals surface area contributed by atoms with Crippen LogP contribution in [-0.2, 0) is 20.2 Å². The Bertz CT molecular complexity index is 789. The van der Waals surface area contributed by atoms with Gasteiger partial charge in [-0.05, 0) is 74.0 Å². The van der Waals surface area contributed by atoms with Crippen LogP contribution in [0.1, 0.15) is 96.3 Å². The molecule has 4 rings (SSSR count). The Morgan fingerprint density at radius 2 is 1.07 bits per heavy atom. The molecule has 30 heavy (non-hydrogen) atoms. The third kappa shape index (κ3) is 4.23. The van der Waals surface area contributed by atoms with Gasteiger partial charge in [0.25, 0.3) is 20.2 Å². The lowest BCUT2D eigenvalue weighted by atomic mass is 9.64.